The molecule has 1 aromatic carbocycles. The minimum atomic E-state index is 0.818. The summed E-state index contributed by atoms with van der Waals surface area (Å²) in [6.07, 6.45) is 5.48. The second kappa shape index (κ2) is 6.79. The molecule has 0 amide bonds. The molecule has 1 N–H and O–H groups in total. The van der Waals surface area contributed by atoms with E-state index in [1.54, 1.807) is 0 Å². The molecule has 100 valence electrons. The van der Waals surface area contributed by atoms with Gasteiger partial charge in [0.25, 0.3) is 0 Å². The lowest BCUT2D eigenvalue weighted by Gasteiger charge is -2.35. The van der Waals surface area contributed by atoms with Crippen molar-refractivity contribution < 1.29 is 0 Å². The fourth-order valence-electron chi connectivity index (χ4n) is 2.83. The van der Waals surface area contributed by atoms with Crippen LogP contribution >= 0.6 is 0 Å². The van der Waals surface area contributed by atoms with Gasteiger partial charge in [0.2, 0.25) is 0 Å². The molecular weight excluding hydrogens is 220 g/mol. The Morgan fingerprint density at radius 2 is 2.00 bits per heavy atom. The van der Waals surface area contributed by atoms with E-state index < -0.39 is 0 Å². The van der Waals surface area contributed by atoms with Crippen molar-refractivity contribution in [3.63, 3.8) is 0 Å². The highest BCUT2D eigenvalue weighted by atomic mass is 15.2. The fraction of sp³-hybridized carbons (Fsp3) is 0.625. The third-order valence-electron chi connectivity index (χ3n) is 4.00. The number of piperidine rings is 1. The average Bonchev–Trinajstić information content (AvgIpc) is 2.41. The number of nitrogens with zero attached hydrogens (tertiary/aromatic N) is 1. The zero-order valence-electron chi connectivity index (χ0n) is 11.8. The zero-order valence-corrected chi connectivity index (χ0v) is 11.8. The average molecular weight is 246 g/mol. The number of nitrogens with one attached hydrogen (secondary N) is 1. The van der Waals surface area contributed by atoms with E-state index in [0.717, 1.165) is 12.6 Å². The van der Waals surface area contributed by atoms with Crippen molar-refractivity contribution in [2.45, 2.75) is 45.6 Å². The van der Waals surface area contributed by atoms with Crippen molar-refractivity contribution in [3.05, 3.63) is 29.8 Å². The van der Waals surface area contributed by atoms with E-state index in [0.29, 0.717) is 0 Å². The van der Waals surface area contributed by atoms with Crippen molar-refractivity contribution in [3.8, 4) is 0 Å². The lowest BCUT2D eigenvalue weighted by atomic mass is 10.0. The first-order chi connectivity index (χ1) is 8.79. The second-order valence-corrected chi connectivity index (χ2v) is 5.39. The normalized spacial score (nSPS) is 20.9. The topological polar surface area (TPSA) is 15.3 Å². The molecule has 1 aliphatic rings. The maximum Gasteiger partial charge on any atom is 0.0340 e. The molecule has 1 heterocycles. The molecule has 0 aromatic heterocycles. The van der Waals surface area contributed by atoms with E-state index in [1.807, 2.05) is 0 Å². The molecule has 0 radical (unpaired) electrons. The number of hydrogen-bond donors (Lipinski definition) is 1. The quantitative estimate of drug-likeness (QED) is 0.852. The number of benzene rings is 1. The maximum absolute atomic E-state index is 3.52. The molecule has 1 aromatic rings. The fourth-order valence-corrected chi connectivity index (χ4v) is 2.83. The van der Waals surface area contributed by atoms with Gasteiger partial charge in [-0.05, 0) is 44.9 Å². The van der Waals surface area contributed by atoms with Crippen LogP contribution in [0.4, 0.5) is 5.69 Å². The first-order valence-electron chi connectivity index (χ1n) is 7.34. The maximum atomic E-state index is 3.52. The van der Waals surface area contributed by atoms with Gasteiger partial charge in [0.1, 0.15) is 0 Å². The van der Waals surface area contributed by atoms with Crippen LogP contribution in [0.5, 0.6) is 0 Å². The number of aryl methyl sites for hydroxylation is 1. The van der Waals surface area contributed by atoms with Gasteiger partial charge in [0.15, 0.2) is 0 Å². The largest absolute Gasteiger partial charge is 0.384 e. The molecular formula is C16H26N2. The molecule has 0 saturated carbocycles. The molecule has 1 saturated heterocycles. The number of rotatable bonds is 5. The van der Waals surface area contributed by atoms with Crippen molar-refractivity contribution in [1.82, 2.24) is 4.90 Å². The molecule has 18 heavy (non-hydrogen) atoms. The van der Waals surface area contributed by atoms with Crippen LogP contribution in [0.15, 0.2) is 24.3 Å². The summed E-state index contributed by atoms with van der Waals surface area (Å²) < 4.78 is 0. The minimum absolute atomic E-state index is 0.818. The van der Waals surface area contributed by atoms with Crippen LogP contribution in [0.1, 0.15) is 38.2 Å². The van der Waals surface area contributed by atoms with Crippen molar-refractivity contribution >= 4 is 5.69 Å². The van der Waals surface area contributed by atoms with Gasteiger partial charge in [0.05, 0.1) is 0 Å². The third kappa shape index (κ3) is 3.74. The highest BCUT2D eigenvalue weighted by Crippen LogP contribution is 2.18. The SMILES string of the molecule is CCC1CCCCN1CCNc1ccc(C)cc1. The van der Waals surface area contributed by atoms with Crippen LogP contribution in [0.3, 0.4) is 0 Å². The van der Waals surface area contributed by atoms with E-state index in [9.17, 15) is 0 Å². The Labute approximate surface area is 111 Å². The van der Waals surface area contributed by atoms with E-state index in [4.69, 9.17) is 0 Å². The van der Waals surface area contributed by atoms with Crippen molar-refractivity contribution in [1.29, 1.82) is 0 Å². The predicted octanol–water partition coefficient (Wildman–Crippen LogP) is 3.67. The molecule has 0 spiro atoms. The van der Waals surface area contributed by atoms with Crippen LogP contribution < -0.4 is 5.32 Å². The highest BCUT2D eigenvalue weighted by molar-refractivity contribution is 5.44. The lowest BCUT2D eigenvalue weighted by molar-refractivity contribution is 0.150. The van der Waals surface area contributed by atoms with Gasteiger partial charge in [-0.1, -0.05) is 31.0 Å². The van der Waals surface area contributed by atoms with Crippen LogP contribution in [0.2, 0.25) is 0 Å². The monoisotopic (exact) mass is 246 g/mol. The Hall–Kier alpha value is -1.02. The summed E-state index contributed by atoms with van der Waals surface area (Å²) in [6.45, 7) is 7.96. The Morgan fingerprint density at radius 1 is 1.22 bits per heavy atom. The second-order valence-electron chi connectivity index (χ2n) is 5.39. The van der Waals surface area contributed by atoms with Crippen LogP contribution in [0, 0.1) is 6.92 Å². The van der Waals surface area contributed by atoms with Crippen LogP contribution in [0.25, 0.3) is 0 Å². The summed E-state index contributed by atoms with van der Waals surface area (Å²) in [6, 6.07) is 9.49. The highest BCUT2D eigenvalue weighted by Gasteiger charge is 2.19. The van der Waals surface area contributed by atoms with Gasteiger partial charge < -0.3 is 5.32 Å². The molecule has 1 unspecified atom stereocenters. The summed E-state index contributed by atoms with van der Waals surface area (Å²) in [7, 11) is 0. The smallest absolute Gasteiger partial charge is 0.0340 e. The number of hydrogen-bond acceptors (Lipinski definition) is 2. The van der Waals surface area contributed by atoms with Crippen LogP contribution in [-0.4, -0.2) is 30.6 Å². The first kappa shape index (κ1) is 13.4. The van der Waals surface area contributed by atoms with Gasteiger partial charge in [-0.2, -0.15) is 0 Å². The number of anilines is 1. The number of likely N-dealkylation sites (tertiary alicyclic amines) is 1. The molecule has 1 atom stereocenters. The van der Waals surface area contributed by atoms with E-state index in [1.165, 1.54) is 50.0 Å². The molecule has 2 heteroatoms. The Balaban J connectivity index is 1.75. The molecule has 0 aliphatic carbocycles. The Bertz CT molecular complexity index is 345. The summed E-state index contributed by atoms with van der Waals surface area (Å²) in [5.74, 6) is 0. The molecule has 1 aliphatic heterocycles. The van der Waals surface area contributed by atoms with Gasteiger partial charge in [-0.3, -0.25) is 4.90 Å². The summed E-state index contributed by atoms with van der Waals surface area (Å²) in [4.78, 5) is 2.66. The Morgan fingerprint density at radius 3 is 2.72 bits per heavy atom. The van der Waals surface area contributed by atoms with Gasteiger partial charge in [0, 0.05) is 24.8 Å². The van der Waals surface area contributed by atoms with Crippen LogP contribution in [-0.2, 0) is 0 Å². The van der Waals surface area contributed by atoms with Crippen molar-refractivity contribution in [2.24, 2.45) is 0 Å². The Kier molecular flexibility index (Phi) is 5.06. The summed E-state index contributed by atoms with van der Waals surface area (Å²) >= 11 is 0. The zero-order chi connectivity index (χ0) is 12.8. The lowest BCUT2D eigenvalue weighted by Crippen LogP contribution is -2.41. The third-order valence-corrected chi connectivity index (χ3v) is 4.00. The minimum Gasteiger partial charge on any atom is -0.384 e. The molecule has 0 bridgehead atoms. The van der Waals surface area contributed by atoms with Gasteiger partial charge >= 0.3 is 0 Å². The molecule has 1 fully saturated rings. The molecule has 2 nitrogen and oxygen atoms in total. The first-order valence-corrected chi connectivity index (χ1v) is 7.34. The van der Waals surface area contributed by atoms with E-state index >= 15 is 0 Å². The van der Waals surface area contributed by atoms with Gasteiger partial charge in [-0.15, -0.1) is 0 Å². The summed E-state index contributed by atoms with van der Waals surface area (Å²) in [5.41, 5.74) is 2.56. The van der Waals surface area contributed by atoms with Crippen molar-refractivity contribution in [2.75, 3.05) is 25.0 Å². The van der Waals surface area contributed by atoms with Gasteiger partial charge in [-0.25, -0.2) is 0 Å². The van der Waals surface area contributed by atoms with E-state index in [2.05, 4.69) is 48.3 Å². The van der Waals surface area contributed by atoms with E-state index in [-0.39, 0.29) is 0 Å². The predicted molar refractivity (Wildman–Crippen MR) is 79.2 cm³/mol. The standard InChI is InChI=1S/C16H26N2/c1-3-16-6-4-5-12-18(16)13-11-17-15-9-7-14(2)8-10-15/h7-10,16-17H,3-6,11-13H2,1-2H3. The summed E-state index contributed by atoms with van der Waals surface area (Å²) in [5, 5.41) is 3.52. The molecule has 2 rings (SSSR count).